The van der Waals surface area contributed by atoms with Crippen LogP contribution in [0.4, 0.5) is 0 Å². The van der Waals surface area contributed by atoms with Crippen molar-refractivity contribution in [2.24, 2.45) is 10.7 Å². The fraction of sp³-hybridized carbons (Fsp3) is 0.611. The van der Waals surface area contributed by atoms with E-state index in [9.17, 15) is 8.42 Å². The Bertz CT molecular complexity index is 700. The third-order valence-electron chi connectivity index (χ3n) is 4.04. The molecule has 0 radical (unpaired) electrons. The molecule has 2 rings (SSSR count). The molecular formula is C18H30N4O2S. The highest BCUT2D eigenvalue weighted by Crippen LogP contribution is 2.19. The molecule has 0 spiro atoms. The average Bonchev–Trinajstić information content (AvgIpc) is 2.80. The van der Waals surface area contributed by atoms with Crippen molar-refractivity contribution in [1.29, 1.82) is 0 Å². The van der Waals surface area contributed by atoms with Crippen molar-refractivity contribution in [1.82, 2.24) is 9.62 Å². The molecule has 0 saturated carbocycles. The molecule has 1 heterocycles. The number of hydrogen-bond acceptors (Lipinski definition) is 3. The van der Waals surface area contributed by atoms with E-state index >= 15 is 0 Å². The first-order chi connectivity index (χ1) is 11.7. The minimum Gasteiger partial charge on any atom is -0.370 e. The molecule has 140 valence electrons. The number of sulfonamides is 1. The molecule has 0 unspecified atom stereocenters. The van der Waals surface area contributed by atoms with Gasteiger partial charge < -0.3 is 10.6 Å². The summed E-state index contributed by atoms with van der Waals surface area (Å²) in [6.07, 6.45) is 4.69. The second-order valence-electron chi connectivity index (χ2n) is 7.54. The van der Waals surface area contributed by atoms with E-state index in [0.717, 1.165) is 25.9 Å². The number of aliphatic imine (C=N–C) groups is 1. The smallest absolute Gasteiger partial charge is 0.241 e. The highest BCUT2D eigenvalue weighted by Gasteiger charge is 2.24. The van der Waals surface area contributed by atoms with Gasteiger partial charge in [-0.25, -0.2) is 18.1 Å². The van der Waals surface area contributed by atoms with Crippen molar-refractivity contribution in [3.8, 4) is 0 Å². The third kappa shape index (κ3) is 6.01. The summed E-state index contributed by atoms with van der Waals surface area (Å²) in [4.78, 5) is 6.81. The van der Waals surface area contributed by atoms with E-state index < -0.39 is 15.6 Å². The SMILES string of the molecule is CC(C)(C)NS(=O)(=O)c1ccccc1CN=C(N)N1CCCCCC1. The van der Waals surface area contributed by atoms with Gasteiger partial charge in [0.1, 0.15) is 0 Å². The topological polar surface area (TPSA) is 87.8 Å². The van der Waals surface area contributed by atoms with Crippen LogP contribution in [0.15, 0.2) is 34.2 Å². The number of likely N-dealkylation sites (tertiary alicyclic amines) is 1. The zero-order chi connectivity index (χ0) is 18.5. The van der Waals surface area contributed by atoms with E-state index in [1.165, 1.54) is 12.8 Å². The van der Waals surface area contributed by atoms with E-state index in [0.29, 0.717) is 11.5 Å². The maximum atomic E-state index is 12.7. The van der Waals surface area contributed by atoms with Crippen molar-refractivity contribution < 1.29 is 8.42 Å². The number of nitrogens with two attached hydrogens (primary N) is 1. The summed E-state index contributed by atoms with van der Waals surface area (Å²) in [6.45, 7) is 7.55. The molecule has 3 N–H and O–H groups in total. The first kappa shape index (κ1) is 19.7. The highest BCUT2D eigenvalue weighted by molar-refractivity contribution is 7.89. The summed E-state index contributed by atoms with van der Waals surface area (Å²) >= 11 is 0. The molecule has 0 atom stereocenters. The maximum Gasteiger partial charge on any atom is 0.241 e. The van der Waals surface area contributed by atoms with E-state index in [1.54, 1.807) is 18.2 Å². The first-order valence-corrected chi connectivity index (χ1v) is 10.3. The van der Waals surface area contributed by atoms with Crippen LogP contribution >= 0.6 is 0 Å². The Labute approximate surface area is 151 Å². The van der Waals surface area contributed by atoms with Gasteiger partial charge >= 0.3 is 0 Å². The molecule has 0 aliphatic carbocycles. The Morgan fingerprint density at radius 2 is 1.76 bits per heavy atom. The Balaban J connectivity index is 2.19. The number of rotatable bonds is 4. The molecule has 7 heteroatoms. The van der Waals surface area contributed by atoms with Crippen LogP contribution in [0.2, 0.25) is 0 Å². The normalized spacial score (nSPS) is 17.4. The van der Waals surface area contributed by atoms with Crippen molar-refractivity contribution in [3.63, 3.8) is 0 Å². The van der Waals surface area contributed by atoms with Gasteiger partial charge in [-0.05, 0) is 45.2 Å². The molecule has 1 aromatic rings. The number of guanidine groups is 1. The first-order valence-electron chi connectivity index (χ1n) is 8.86. The van der Waals surface area contributed by atoms with Gasteiger partial charge in [0.2, 0.25) is 10.0 Å². The quantitative estimate of drug-likeness (QED) is 0.633. The van der Waals surface area contributed by atoms with Crippen LogP contribution in [0.25, 0.3) is 0 Å². The van der Waals surface area contributed by atoms with Crippen molar-refractivity contribution in [2.75, 3.05) is 13.1 Å². The third-order valence-corrected chi connectivity index (χ3v) is 5.90. The lowest BCUT2D eigenvalue weighted by molar-refractivity contribution is 0.428. The number of hydrogen-bond donors (Lipinski definition) is 2. The van der Waals surface area contributed by atoms with Crippen LogP contribution in [-0.4, -0.2) is 37.9 Å². The summed E-state index contributed by atoms with van der Waals surface area (Å²) in [5.74, 6) is 0.498. The Hall–Kier alpha value is -1.60. The molecule has 0 amide bonds. The molecule has 0 aromatic heterocycles. The zero-order valence-corrected chi connectivity index (χ0v) is 16.3. The summed E-state index contributed by atoms with van der Waals surface area (Å²) in [5, 5.41) is 0. The lowest BCUT2D eigenvalue weighted by Gasteiger charge is -2.22. The molecule has 1 aliphatic rings. The Kier molecular flexibility index (Phi) is 6.46. The summed E-state index contributed by atoms with van der Waals surface area (Å²) < 4.78 is 28.0. The molecule has 1 aliphatic heterocycles. The van der Waals surface area contributed by atoms with Gasteiger partial charge in [0.15, 0.2) is 5.96 Å². The summed E-state index contributed by atoms with van der Waals surface area (Å²) in [6, 6.07) is 6.95. The monoisotopic (exact) mass is 366 g/mol. The van der Waals surface area contributed by atoms with E-state index in [4.69, 9.17) is 5.73 Å². The number of nitrogens with zero attached hydrogens (tertiary/aromatic N) is 2. The molecular weight excluding hydrogens is 336 g/mol. The zero-order valence-electron chi connectivity index (χ0n) is 15.5. The minimum absolute atomic E-state index is 0.254. The van der Waals surface area contributed by atoms with Gasteiger partial charge in [-0.3, -0.25) is 0 Å². The van der Waals surface area contributed by atoms with Crippen LogP contribution in [0.5, 0.6) is 0 Å². The van der Waals surface area contributed by atoms with Crippen LogP contribution in [0.3, 0.4) is 0 Å². The van der Waals surface area contributed by atoms with Crippen molar-refractivity contribution in [3.05, 3.63) is 29.8 Å². The maximum absolute atomic E-state index is 12.7. The molecule has 1 fully saturated rings. The largest absolute Gasteiger partial charge is 0.370 e. The van der Waals surface area contributed by atoms with Crippen LogP contribution in [-0.2, 0) is 16.6 Å². The predicted octanol–water partition coefficient (Wildman–Crippen LogP) is 2.45. The molecule has 25 heavy (non-hydrogen) atoms. The van der Waals surface area contributed by atoms with Gasteiger partial charge in [0, 0.05) is 18.6 Å². The Morgan fingerprint density at radius 1 is 1.16 bits per heavy atom. The molecule has 1 aromatic carbocycles. The highest BCUT2D eigenvalue weighted by atomic mass is 32.2. The fourth-order valence-corrected chi connectivity index (χ4v) is 4.57. The average molecular weight is 367 g/mol. The minimum atomic E-state index is -3.60. The number of benzene rings is 1. The second-order valence-corrected chi connectivity index (χ2v) is 9.19. The van der Waals surface area contributed by atoms with E-state index in [2.05, 4.69) is 14.6 Å². The van der Waals surface area contributed by atoms with Crippen molar-refractivity contribution >= 4 is 16.0 Å². The molecule has 1 saturated heterocycles. The lowest BCUT2D eigenvalue weighted by Crippen LogP contribution is -2.40. The van der Waals surface area contributed by atoms with Crippen LogP contribution in [0.1, 0.15) is 52.0 Å². The fourth-order valence-electron chi connectivity index (χ4n) is 2.92. The molecule has 6 nitrogen and oxygen atoms in total. The molecule has 0 bridgehead atoms. The number of nitrogens with one attached hydrogen (secondary N) is 1. The van der Waals surface area contributed by atoms with E-state index in [-0.39, 0.29) is 11.4 Å². The van der Waals surface area contributed by atoms with Crippen LogP contribution < -0.4 is 10.5 Å². The van der Waals surface area contributed by atoms with Gasteiger partial charge in [-0.2, -0.15) is 0 Å². The van der Waals surface area contributed by atoms with Gasteiger partial charge in [-0.1, -0.05) is 31.0 Å². The van der Waals surface area contributed by atoms with Gasteiger partial charge in [0.05, 0.1) is 11.4 Å². The Morgan fingerprint density at radius 3 is 2.36 bits per heavy atom. The predicted molar refractivity (Wildman–Crippen MR) is 102 cm³/mol. The standard InChI is InChI=1S/C18H30N4O2S/c1-18(2,3)21-25(23,24)16-11-7-6-10-15(16)14-20-17(19)22-12-8-4-5-9-13-22/h6-7,10-11,21H,4-5,8-9,12-14H2,1-3H3,(H2,19,20). The van der Waals surface area contributed by atoms with Crippen LogP contribution in [0, 0.1) is 0 Å². The van der Waals surface area contributed by atoms with Crippen molar-refractivity contribution in [2.45, 2.75) is 63.4 Å². The van der Waals surface area contributed by atoms with E-state index in [1.807, 2.05) is 26.8 Å². The summed E-state index contributed by atoms with van der Waals surface area (Å²) in [7, 11) is -3.60. The second kappa shape index (κ2) is 8.19. The van der Waals surface area contributed by atoms with Gasteiger partial charge in [0.25, 0.3) is 0 Å². The lowest BCUT2D eigenvalue weighted by atomic mass is 10.1. The summed E-state index contributed by atoms with van der Waals surface area (Å²) in [5.41, 5.74) is 6.25. The van der Waals surface area contributed by atoms with Gasteiger partial charge in [-0.15, -0.1) is 0 Å².